The number of benzene rings is 1. The van der Waals surface area contributed by atoms with Gasteiger partial charge in [0, 0.05) is 22.9 Å². The number of hydrogen-bond acceptors (Lipinski definition) is 2. The zero-order valence-electron chi connectivity index (χ0n) is 12.3. The summed E-state index contributed by atoms with van der Waals surface area (Å²) in [5.74, 6) is 0.446. The van der Waals surface area contributed by atoms with Crippen LogP contribution in [0.2, 0.25) is 0 Å². The van der Waals surface area contributed by atoms with E-state index in [0.29, 0.717) is 12.5 Å². The van der Waals surface area contributed by atoms with E-state index < -0.39 is 0 Å². The van der Waals surface area contributed by atoms with Gasteiger partial charge < -0.3 is 10.6 Å². The van der Waals surface area contributed by atoms with Crippen molar-refractivity contribution in [3.63, 3.8) is 0 Å². The minimum atomic E-state index is -0.252. The van der Waals surface area contributed by atoms with Crippen molar-refractivity contribution >= 4 is 57.2 Å². The van der Waals surface area contributed by atoms with Gasteiger partial charge in [-0.05, 0) is 47.7 Å². The van der Waals surface area contributed by atoms with Crippen LogP contribution in [0.1, 0.15) is 16.0 Å². The van der Waals surface area contributed by atoms with E-state index in [0.717, 1.165) is 16.6 Å². The van der Waals surface area contributed by atoms with Gasteiger partial charge in [-0.2, -0.15) is 0 Å². The summed E-state index contributed by atoms with van der Waals surface area (Å²) in [7, 11) is 1.72. The molecule has 1 aromatic heterocycles. The van der Waals surface area contributed by atoms with Crippen LogP contribution in [0, 0.1) is 12.7 Å². The molecule has 0 saturated heterocycles. The first-order valence-electron chi connectivity index (χ1n) is 6.51. The molecular formula is C15H18BrFIN3S. The normalized spacial score (nSPS) is 11.0. The Labute approximate surface area is 159 Å². The molecule has 0 aliphatic carbocycles. The Bertz CT molecular complexity index is 625. The topological polar surface area (TPSA) is 36.4 Å². The number of halogens is 3. The number of guanidine groups is 1. The molecular weight excluding hydrogens is 480 g/mol. The lowest BCUT2D eigenvalue weighted by Crippen LogP contribution is -2.36. The van der Waals surface area contributed by atoms with E-state index in [-0.39, 0.29) is 29.8 Å². The van der Waals surface area contributed by atoms with Gasteiger partial charge in [0.1, 0.15) is 5.82 Å². The Morgan fingerprint density at radius 2 is 2.00 bits per heavy atom. The molecule has 0 amide bonds. The highest BCUT2D eigenvalue weighted by Gasteiger charge is 2.03. The second kappa shape index (κ2) is 9.46. The molecule has 0 bridgehead atoms. The first-order chi connectivity index (χ1) is 10.1. The standard InChI is InChI=1S/C15H17BrFN3S.HI/c1-10-3-4-21-14(10)9-20-15(18-2)19-8-11-5-12(16)7-13(17)6-11;/h3-7H,8-9H2,1-2H3,(H2,18,19,20);1H. The van der Waals surface area contributed by atoms with Gasteiger partial charge in [0.2, 0.25) is 0 Å². The van der Waals surface area contributed by atoms with Gasteiger partial charge in [-0.15, -0.1) is 35.3 Å². The Balaban J connectivity index is 0.00000242. The molecule has 1 heterocycles. The molecule has 2 rings (SSSR count). The molecule has 0 saturated carbocycles. The van der Waals surface area contributed by atoms with Crippen molar-refractivity contribution in [1.29, 1.82) is 0 Å². The van der Waals surface area contributed by atoms with Crippen molar-refractivity contribution in [2.75, 3.05) is 7.05 Å². The van der Waals surface area contributed by atoms with Crippen LogP contribution < -0.4 is 10.6 Å². The first-order valence-corrected chi connectivity index (χ1v) is 8.18. The van der Waals surface area contributed by atoms with Gasteiger partial charge in [-0.25, -0.2) is 4.39 Å². The van der Waals surface area contributed by atoms with Gasteiger partial charge in [0.25, 0.3) is 0 Å². The van der Waals surface area contributed by atoms with Crippen LogP contribution in [0.15, 0.2) is 39.1 Å². The second-order valence-electron chi connectivity index (χ2n) is 4.58. The molecule has 7 heteroatoms. The summed E-state index contributed by atoms with van der Waals surface area (Å²) < 4.78 is 14.0. The van der Waals surface area contributed by atoms with Crippen LogP contribution in [0.3, 0.4) is 0 Å². The van der Waals surface area contributed by atoms with Crippen LogP contribution >= 0.6 is 51.2 Å². The molecule has 0 aliphatic rings. The van der Waals surface area contributed by atoms with Crippen molar-refractivity contribution in [3.05, 3.63) is 55.9 Å². The van der Waals surface area contributed by atoms with Crippen molar-refractivity contribution in [2.24, 2.45) is 4.99 Å². The number of nitrogens with one attached hydrogen (secondary N) is 2. The molecule has 1 aromatic carbocycles. The van der Waals surface area contributed by atoms with E-state index >= 15 is 0 Å². The van der Waals surface area contributed by atoms with Gasteiger partial charge >= 0.3 is 0 Å². The van der Waals surface area contributed by atoms with E-state index in [9.17, 15) is 4.39 Å². The fourth-order valence-corrected chi connectivity index (χ4v) is 3.23. The van der Waals surface area contributed by atoms with Crippen LogP contribution in [-0.2, 0) is 13.1 Å². The zero-order chi connectivity index (χ0) is 15.2. The Morgan fingerprint density at radius 1 is 1.27 bits per heavy atom. The molecule has 2 N–H and O–H groups in total. The average Bonchev–Trinajstić information content (AvgIpc) is 2.83. The molecule has 3 nitrogen and oxygen atoms in total. The SMILES string of the molecule is CN=C(NCc1cc(F)cc(Br)c1)NCc1sccc1C.I. The number of thiophene rings is 1. The summed E-state index contributed by atoms with van der Waals surface area (Å²) >= 11 is 5.01. The second-order valence-corrected chi connectivity index (χ2v) is 6.50. The smallest absolute Gasteiger partial charge is 0.191 e. The predicted molar refractivity (Wildman–Crippen MR) is 106 cm³/mol. The van der Waals surface area contributed by atoms with E-state index in [1.165, 1.54) is 22.6 Å². The molecule has 120 valence electrons. The van der Waals surface area contributed by atoms with Crippen LogP contribution in [0.25, 0.3) is 0 Å². The minimum absolute atomic E-state index is 0. The van der Waals surface area contributed by atoms with Gasteiger partial charge in [0.05, 0.1) is 6.54 Å². The van der Waals surface area contributed by atoms with Crippen molar-refractivity contribution in [2.45, 2.75) is 20.0 Å². The minimum Gasteiger partial charge on any atom is -0.352 e. The average molecular weight is 498 g/mol. The van der Waals surface area contributed by atoms with E-state index in [4.69, 9.17) is 0 Å². The number of aliphatic imine (C=N–C) groups is 1. The Morgan fingerprint density at radius 3 is 2.59 bits per heavy atom. The number of aryl methyl sites for hydroxylation is 1. The highest BCUT2D eigenvalue weighted by molar-refractivity contribution is 14.0. The maximum absolute atomic E-state index is 13.3. The zero-order valence-corrected chi connectivity index (χ0v) is 17.1. The fourth-order valence-electron chi connectivity index (χ4n) is 1.87. The van der Waals surface area contributed by atoms with Crippen molar-refractivity contribution in [1.82, 2.24) is 10.6 Å². The predicted octanol–water partition coefficient (Wildman–Crippen LogP) is 4.44. The third kappa shape index (κ3) is 5.85. The van der Waals surface area contributed by atoms with Crippen molar-refractivity contribution < 1.29 is 4.39 Å². The molecule has 0 aliphatic heterocycles. The molecule has 0 radical (unpaired) electrons. The number of rotatable bonds is 4. The lowest BCUT2D eigenvalue weighted by Gasteiger charge is -2.12. The fraction of sp³-hybridized carbons (Fsp3) is 0.267. The van der Waals surface area contributed by atoms with E-state index in [1.807, 2.05) is 6.07 Å². The Kier molecular flexibility index (Phi) is 8.34. The summed E-state index contributed by atoms with van der Waals surface area (Å²) in [5, 5.41) is 8.51. The quantitative estimate of drug-likeness (QED) is 0.372. The Hall–Kier alpha value is -0.670. The van der Waals surface area contributed by atoms with Gasteiger partial charge in [-0.3, -0.25) is 4.99 Å². The highest BCUT2D eigenvalue weighted by atomic mass is 127. The van der Waals surface area contributed by atoms with Gasteiger partial charge in [0.15, 0.2) is 5.96 Å². The summed E-state index contributed by atoms with van der Waals surface area (Å²) in [5.41, 5.74) is 2.13. The summed E-state index contributed by atoms with van der Waals surface area (Å²) in [4.78, 5) is 5.45. The maximum atomic E-state index is 13.3. The first kappa shape index (κ1) is 19.4. The van der Waals surface area contributed by atoms with Gasteiger partial charge in [-0.1, -0.05) is 15.9 Å². The maximum Gasteiger partial charge on any atom is 0.191 e. The molecule has 0 unspecified atom stereocenters. The van der Waals surface area contributed by atoms with E-state index in [2.05, 4.69) is 49.9 Å². The molecule has 22 heavy (non-hydrogen) atoms. The summed E-state index contributed by atoms with van der Waals surface area (Å²) in [6.45, 7) is 3.34. The number of nitrogens with zero attached hydrogens (tertiary/aromatic N) is 1. The third-order valence-corrected chi connectivity index (χ3v) is 4.47. The van der Waals surface area contributed by atoms with Crippen molar-refractivity contribution in [3.8, 4) is 0 Å². The number of hydrogen-bond donors (Lipinski definition) is 2. The largest absolute Gasteiger partial charge is 0.352 e. The van der Waals surface area contributed by atoms with Crippen LogP contribution in [0.5, 0.6) is 0 Å². The van der Waals surface area contributed by atoms with E-state index in [1.54, 1.807) is 18.4 Å². The monoisotopic (exact) mass is 497 g/mol. The molecule has 0 fully saturated rings. The summed E-state index contributed by atoms with van der Waals surface area (Å²) in [6, 6.07) is 6.93. The van der Waals surface area contributed by atoms with Crippen LogP contribution in [-0.4, -0.2) is 13.0 Å². The summed E-state index contributed by atoms with van der Waals surface area (Å²) in [6.07, 6.45) is 0. The third-order valence-electron chi connectivity index (χ3n) is 2.99. The van der Waals surface area contributed by atoms with Crippen LogP contribution in [0.4, 0.5) is 4.39 Å². The lowest BCUT2D eigenvalue weighted by molar-refractivity contribution is 0.623. The molecule has 0 atom stereocenters. The molecule has 0 spiro atoms. The lowest BCUT2D eigenvalue weighted by atomic mass is 10.2. The highest BCUT2D eigenvalue weighted by Crippen LogP contribution is 2.15. The molecule has 2 aromatic rings.